The van der Waals surface area contributed by atoms with Gasteiger partial charge in [0.15, 0.2) is 0 Å². The van der Waals surface area contributed by atoms with E-state index >= 15 is 0 Å². The summed E-state index contributed by atoms with van der Waals surface area (Å²) >= 11 is 0. The molecule has 0 aliphatic rings. The molecule has 57 nitrogen and oxygen atoms in total. The predicted molar refractivity (Wildman–Crippen MR) is 414 cm³/mol. The molecule has 2 radical (unpaired) electrons. The topological polar surface area (TPSA) is 889 Å². The van der Waals surface area contributed by atoms with Gasteiger partial charge in [0.25, 0.3) is 0 Å². The number of hydrogen-bond acceptors (Lipinski definition) is 26. The van der Waals surface area contributed by atoms with Crippen LogP contribution in [0.1, 0.15) is 120 Å². The maximum atomic E-state index is 13.0. The van der Waals surface area contributed by atoms with Gasteiger partial charge in [0.2, 0.25) is 23.6 Å². The number of nitrogens with zero attached hydrogens (tertiary/aromatic N) is 12. The van der Waals surface area contributed by atoms with Gasteiger partial charge >= 0.3 is 157 Å². The van der Waals surface area contributed by atoms with E-state index in [0.717, 1.165) is 0 Å². The zero-order valence-electron chi connectivity index (χ0n) is 69.5. The molecule has 4 aromatic heterocycles. The third kappa shape index (κ3) is 57.7. The number of hydrogen-bond donors (Lipinski definition) is 20. The normalized spacial score (nSPS) is 11.2. The predicted octanol–water partition coefficient (Wildman–Crippen LogP) is -4.46. The Kier molecular flexibility index (Phi) is 73.0. The number of carboxylic acid groups (broad SMARTS) is 13. The van der Waals surface area contributed by atoms with Crippen molar-refractivity contribution in [1.82, 2.24) is 89.7 Å². The Labute approximate surface area is 774 Å². The standard InChI is InChI=1S/C37H50N10O20.C30H45N9O12.6CO.2Tc/c48-26(6-4-22(35(63)64)41-37(67)42-23(36(65)66)5-7-29(51)52)40-21(34(61)62)3-1-2-10-43(13-24-38-8-11-44(24)15-27(49)46(17-30(53)54)18-31(55)56)14-25-39-9-12-45(25)16-28(50)47(19-32(57)58)20-33(59)60;31-19(27(46)34-9-3-1-6-20(28(47)48)35-30(51)36-21(29(49)50)7-8-24(40)41)5-2-4-12-37(15-22-32-10-13-38(22)17-25(42)43)16-23-33-11-14-39(23)18-26(44)45;6*1-2;;/h8-9,11-12,21-23H,1-7,10,13-20H2,(H,40,48)(H,51,52)(H,53,54)(H,55,56)(H,57,58)(H,59,60)(H,61,62)(H,63,64)(H,65,66)(H2,41,42,67);10-11,13-14,19-21H,1-9,12,15-18,31H2,(H,34,46)(H,40,41)(H,42,43)(H,44,45)(H,47,48)(H,49,50)(H2,35,36,51);;;;;;;;/t21-,22?,23?;19-,20?,21?;;;;;;;;/m10......../s1/i;;;;;;;;2*1+1. The van der Waals surface area contributed by atoms with Crippen molar-refractivity contribution < 1.29 is 226 Å². The number of amides is 8. The Morgan fingerprint density at radius 1 is 0.333 bits per heavy atom. The first kappa shape index (κ1) is 129. The van der Waals surface area contributed by atoms with Crippen LogP contribution in [0.5, 0.6) is 0 Å². The van der Waals surface area contributed by atoms with Crippen molar-refractivity contribution in [2.75, 3.05) is 45.8 Å². The number of rotatable bonds is 59. The Balaban J connectivity index is -0.000000546. The van der Waals surface area contributed by atoms with Crippen LogP contribution in [0.15, 0.2) is 49.6 Å². The number of carbonyl (C=O) groups excluding carboxylic acids is 6. The molecule has 0 fully saturated rings. The van der Waals surface area contributed by atoms with Crippen LogP contribution in [-0.2, 0) is 202 Å². The Hall–Kier alpha value is -14.0. The molecule has 0 saturated carbocycles. The molecule has 0 aliphatic heterocycles. The minimum atomic E-state index is -1.75. The zero-order valence-corrected chi connectivity index (χ0v) is 73.2. The summed E-state index contributed by atoms with van der Waals surface area (Å²) in [7, 11) is 0. The molecule has 8 amide bonds. The van der Waals surface area contributed by atoms with Crippen LogP contribution in [0.25, 0.3) is 0 Å². The number of carbonyl (C=O) groups is 19. The molecule has 724 valence electrons. The Morgan fingerprint density at radius 2 is 0.591 bits per heavy atom. The van der Waals surface area contributed by atoms with Gasteiger partial charge in [0.1, 0.15) is 106 Å². The fraction of sp³-hybridized carbons (Fsp3) is 0.493. The van der Waals surface area contributed by atoms with E-state index in [-0.39, 0.29) is 143 Å². The van der Waals surface area contributed by atoms with E-state index < -0.39 is 221 Å². The van der Waals surface area contributed by atoms with Gasteiger partial charge in [-0.1, -0.05) is 6.42 Å². The van der Waals surface area contributed by atoms with E-state index in [9.17, 15) is 142 Å². The van der Waals surface area contributed by atoms with Gasteiger partial charge in [-0.2, -0.15) is 0 Å². The fourth-order valence-corrected chi connectivity index (χ4v) is 11.1. The quantitative estimate of drug-likeness (QED) is 0.0113. The number of nitrogens with one attached hydrogen (secondary N) is 6. The van der Waals surface area contributed by atoms with E-state index in [2.05, 4.69) is 81.1 Å². The second kappa shape index (κ2) is 74.9. The van der Waals surface area contributed by atoms with E-state index in [0.29, 0.717) is 53.7 Å². The zero-order chi connectivity index (χ0) is 100. The summed E-state index contributed by atoms with van der Waals surface area (Å²) in [5, 5.41) is 133. The number of unbranched alkanes of at least 4 members (excludes halogenated alkanes) is 3. The first-order chi connectivity index (χ1) is 61.6. The molecule has 0 saturated heterocycles. The molecule has 21 N–H and O–H groups in total. The summed E-state index contributed by atoms with van der Waals surface area (Å²) in [6.45, 7) is 22.8. The fourth-order valence-electron chi connectivity index (χ4n) is 11.1. The minimum absolute atomic E-state index is 0. The van der Waals surface area contributed by atoms with Gasteiger partial charge in [-0.05, 0) is 83.7 Å². The van der Waals surface area contributed by atoms with Gasteiger partial charge in [-0.25, -0.2) is 53.5 Å². The number of aromatic nitrogens is 8. The third-order valence-electron chi connectivity index (χ3n) is 16.9. The summed E-state index contributed by atoms with van der Waals surface area (Å²) in [5.74, 6) is -19.7. The van der Waals surface area contributed by atoms with Gasteiger partial charge in [-0.3, -0.25) is 67.3 Å². The summed E-state index contributed by atoms with van der Waals surface area (Å²) in [5.41, 5.74) is 6.07. The van der Waals surface area contributed by atoms with Crippen molar-refractivity contribution >= 4 is 113 Å². The van der Waals surface area contributed by atoms with Crippen LogP contribution >= 0.6 is 0 Å². The van der Waals surface area contributed by atoms with Crippen molar-refractivity contribution in [3.05, 3.63) is 113 Å². The number of imidazole rings is 4. The summed E-state index contributed by atoms with van der Waals surface area (Å²) in [6.07, 6.45) is 10.4. The number of urea groups is 2. The van der Waals surface area contributed by atoms with Gasteiger partial charge in [0, 0.05) is 116 Å². The first-order valence-corrected chi connectivity index (χ1v) is 37.2. The van der Waals surface area contributed by atoms with Crippen LogP contribution in [-0.4, -0.2) is 320 Å². The van der Waals surface area contributed by atoms with E-state index in [1.807, 2.05) is 15.5 Å². The van der Waals surface area contributed by atoms with Crippen molar-refractivity contribution in [1.29, 1.82) is 0 Å². The molecule has 4 rings (SSSR count). The van der Waals surface area contributed by atoms with Crippen molar-refractivity contribution in [3.8, 4) is 0 Å². The second-order valence-corrected chi connectivity index (χ2v) is 26.2. The molecule has 4 heterocycles. The monoisotopic (exact) mass is 2040 g/mol. The molecule has 0 aromatic carbocycles. The number of nitrogens with two attached hydrogens (primary N) is 1. The summed E-state index contributed by atoms with van der Waals surface area (Å²) in [6, 6.07) is -11.0. The molecule has 4 aromatic rings. The SMILES string of the molecule is N[C@@H](CCCCN(Cc1nccn1CC(=O)O)Cc1nccn1CC(=O)O)C(=O)NCCCCC(NC(=O)NC(CCC(=O)O)C(=O)O)C(=O)O.O=C(O)CCC(NC(=O)NC(CCC(=O)N[C@H](CCCCN(Cc1nccn1CC(=O)N(CC(=O)O)CC(=O)O)Cc1nccn1CC(=O)N(CC(=O)O)CC(=O)O)C(=O)O)C(=O)O)C(=O)O.[99Tc].[99Tc].[C-]#[O+].[C-]#[O+].[C-]#[O+].[C-]#[O+].[C-]#[O+].[C-]#[O+]. The van der Waals surface area contributed by atoms with Gasteiger partial charge in [-0.15, -0.1) is 0 Å². The van der Waals surface area contributed by atoms with Gasteiger partial charge < -0.3 is 132 Å². The van der Waals surface area contributed by atoms with Crippen molar-refractivity contribution in [2.45, 2.75) is 185 Å². The van der Waals surface area contributed by atoms with Crippen LogP contribution < -0.4 is 37.6 Å². The molecule has 0 aliphatic carbocycles. The van der Waals surface area contributed by atoms with Crippen LogP contribution in [0.4, 0.5) is 9.59 Å². The molecule has 0 bridgehead atoms. The summed E-state index contributed by atoms with van der Waals surface area (Å²) < 4.78 is 50.6. The first-order valence-electron chi connectivity index (χ1n) is 37.2. The average Bonchev–Trinajstić information content (AvgIpc) is 1.71. The molecule has 4 unspecified atom stereocenters. The van der Waals surface area contributed by atoms with Gasteiger partial charge in [0.05, 0.1) is 32.2 Å². The van der Waals surface area contributed by atoms with Crippen LogP contribution in [0, 0.1) is 39.9 Å². The van der Waals surface area contributed by atoms with E-state index in [4.69, 9.17) is 49.0 Å². The number of carboxylic acids is 13. The molecule has 6 atom stereocenters. The average molecular weight is 2040 g/mol. The van der Waals surface area contributed by atoms with E-state index in [1.165, 1.54) is 55.4 Å². The van der Waals surface area contributed by atoms with E-state index in [1.54, 1.807) is 17.3 Å². The molecular weight excluding hydrogens is 1950 g/mol. The molecular formula is C73H95N19O38Tc2. The Morgan fingerprint density at radius 3 is 0.864 bits per heavy atom. The van der Waals surface area contributed by atoms with Crippen LogP contribution in [0.2, 0.25) is 0 Å². The maximum absolute atomic E-state index is 13.0. The Bertz CT molecular complexity index is 4260. The molecule has 132 heavy (non-hydrogen) atoms. The van der Waals surface area contributed by atoms with Crippen molar-refractivity contribution in [2.24, 2.45) is 5.73 Å². The number of aliphatic carboxylic acids is 13. The molecule has 0 spiro atoms. The molecule has 59 heteroatoms. The second-order valence-electron chi connectivity index (χ2n) is 26.2. The summed E-state index contributed by atoms with van der Waals surface area (Å²) in [4.78, 5) is 245. The van der Waals surface area contributed by atoms with Crippen LogP contribution in [0.3, 0.4) is 0 Å². The van der Waals surface area contributed by atoms with Crippen molar-refractivity contribution in [3.63, 3.8) is 0 Å². The third-order valence-corrected chi connectivity index (χ3v) is 16.9.